The summed E-state index contributed by atoms with van der Waals surface area (Å²) in [5, 5.41) is 8.49. The fourth-order valence-electron chi connectivity index (χ4n) is 0.729. The van der Waals surface area contributed by atoms with Crippen molar-refractivity contribution in [3.63, 3.8) is 0 Å². The van der Waals surface area contributed by atoms with Crippen molar-refractivity contribution >= 4 is 11.8 Å². The number of ketones is 1. The molecule has 0 unspecified atom stereocenters. The number of aromatic carboxylic acids is 1. The van der Waals surface area contributed by atoms with E-state index in [9.17, 15) is 9.59 Å². The Kier molecular flexibility index (Phi) is 2.19. The van der Waals surface area contributed by atoms with Crippen LogP contribution in [0.15, 0.2) is 18.3 Å². The second-order valence-corrected chi connectivity index (χ2v) is 2.29. The molecule has 1 aromatic heterocycles. The van der Waals surface area contributed by atoms with Crippen LogP contribution >= 0.6 is 0 Å². The highest BCUT2D eigenvalue weighted by molar-refractivity contribution is 5.93. The molecule has 0 saturated carbocycles. The van der Waals surface area contributed by atoms with Gasteiger partial charge in [-0.3, -0.25) is 9.78 Å². The summed E-state index contributed by atoms with van der Waals surface area (Å²) in [5.41, 5.74) is 0.361. The molecule has 0 aromatic carbocycles. The van der Waals surface area contributed by atoms with Gasteiger partial charge < -0.3 is 5.11 Å². The summed E-state index contributed by atoms with van der Waals surface area (Å²) >= 11 is 0. The van der Waals surface area contributed by atoms with Crippen molar-refractivity contribution in [3.8, 4) is 0 Å². The average Bonchev–Trinajstić information content (AvgIpc) is 2.04. The predicted molar refractivity (Wildman–Crippen MR) is 41.2 cm³/mol. The van der Waals surface area contributed by atoms with Gasteiger partial charge in [-0.2, -0.15) is 0 Å². The highest BCUT2D eigenvalue weighted by Crippen LogP contribution is 2.00. The standard InChI is InChI=1S/C8H7NO3/c1-5(10)7-3-2-6(4-9-7)8(11)12/h2-4H,1H3,(H,11,12). The molecule has 0 atom stereocenters. The molecule has 0 fully saturated rings. The number of carbonyl (C=O) groups excluding carboxylic acids is 1. The van der Waals surface area contributed by atoms with Crippen LogP contribution < -0.4 is 0 Å². The van der Waals surface area contributed by atoms with Crippen molar-refractivity contribution in [3.05, 3.63) is 29.6 Å². The number of carbonyl (C=O) groups is 2. The van der Waals surface area contributed by atoms with Crippen molar-refractivity contribution in [1.82, 2.24) is 4.98 Å². The van der Waals surface area contributed by atoms with Gasteiger partial charge in [0.1, 0.15) is 5.69 Å². The van der Waals surface area contributed by atoms with Crippen LogP contribution in [-0.4, -0.2) is 21.8 Å². The molecule has 12 heavy (non-hydrogen) atoms. The summed E-state index contributed by atoms with van der Waals surface area (Å²) in [4.78, 5) is 24.7. The van der Waals surface area contributed by atoms with Gasteiger partial charge in [0.05, 0.1) is 5.56 Å². The van der Waals surface area contributed by atoms with Crippen LogP contribution in [-0.2, 0) is 0 Å². The van der Waals surface area contributed by atoms with Crippen LogP contribution in [0.5, 0.6) is 0 Å². The molecule has 1 aromatic rings. The van der Waals surface area contributed by atoms with E-state index >= 15 is 0 Å². The van der Waals surface area contributed by atoms with Crippen molar-refractivity contribution < 1.29 is 14.7 Å². The molecule has 0 aliphatic carbocycles. The minimum absolute atomic E-state index is 0.0833. The predicted octanol–water partition coefficient (Wildman–Crippen LogP) is 0.982. The first kappa shape index (κ1) is 8.39. The van der Waals surface area contributed by atoms with E-state index in [1.807, 2.05) is 0 Å². The van der Waals surface area contributed by atoms with Crippen LogP contribution in [0.1, 0.15) is 27.8 Å². The van der Waals surface area contributed by atoms with Crippen molar-refractivity contribution in [1.29, 1.82) is 0 Å². The van der Waals surface area contributed by atoms with Crippen LogP contribution in [0.3, 0.4) is 0 Å². The third kappa shape index (κ3) is 1.66. The van der Waals surface area contributed by atoms with Gasteiger partial charge in [-0.15, -0.1) is 0 Å². The van der Waals surface area contributed by atoms with Gasteiger partial charge in [0.2, 0.25) is 0 Å². The Balaban J connectivity index is 3.01. The molecule has 1 heterocycles. The van der Waals surface area contributed by atoms with E-state index in [0.29, 0.717) is 0 Å². The summed E-state index contributed by atoms with van der Waals surface area (Å²) in [6.45, 7) is 1.38. The number of carboxylic acid groups (broad SMARTS) is 1. The molecule has 4 heteroatoms. The summed E-state index contributed by atoms with van der Waals surface area (Å²) < 4.78 is 0. The minimum atomic E-state index is -1.04. The van der Waals surface area contributed by atoms with Crippen molar-refractivity contribution in [2.75, 3.05) is 0 Å². The number of carboxylic acids is 1. The Morgan fingerprint density at radius 3 is 2.42 bits per heavy atom. The molecule has 62 valence electrons. The maximum Gasteiger partial charge on any atom is 0.337 e. The van der Waals surface area contributed by atoms with Crippen molar-refractivity contribution in [2.45, 2.75) is 6.92 Å². The topological polar surface area (TPSA) is 67.3 Å². The maximum atomic E-state index is 10.7. The van der Waals surface area contributed by atoms with Crippen LogP contribution in [0.2, 0.25) is 0 Å². The second kappa shape index (κ2) is 3.13. The zero-order chi connectivity index (χ0) is 9.14. The summed E-state index contributed by atoms with van der Waals surface area (Å²) in [7, 11) is 0. The van der Waals surface area contributed by atoms with Gasteiger partial charge in [0.25, 0.3) is 0 Å². The number of hydrogen-bond donors (Lipinski definition) is 1. The smallest absolute Gasteiger partial charge is 0.337 e. The fourth-order valence-corrected chi connectivity index (χ4v) is 0.729. The Morgan fingerprint density at radius 1 is 1.42 bits per heavy atom. The lowest BCUT2D eigenvalue weighted by Gasteiger charge is -1.94. The van der Waals surface area contributed by atoms with Crippen LogP contribution in [0, 0.1) is 0 Å². The van der Waals surface area contributed by atoms with E-state index in [1.165, 1.54) is 25.3 Å². The van der Waals surface area contributed by atoms with E-state index in [1.54, 1.807) is 0 Å². The van der Waals surface area contributed by atoms with E-state index < -0.39 is 5.97 Å². The molecule has 1 N–H and O–H groups in total. The van der Waals surface area contributed by atoms with Gasteiger partial charge in [-0.25, -0.2) is 4.79 Å². The first-order chi connectivity index (χ1) is 5.61. The SMILES string of the molecule is CC(=O)c1ccc(C(=O)O)cn1. The van der Waals surface area contributed by atoms with E-state index in [0.717, 1.165) is 0 Å². The van der Waals surface area contributed by atoms with E-state index in [-0.39, 0.29) is 17.0 Å². The Labute approximate surface area is 68.9 Å². The van der Waals surface area contributed by atoms with Gasteiger partial charge >= 0.3 is 5.97 Å². The quantitative estimate of drug-likeness (QED) is 0.663. The largest absolute Gasteiger partial charge is 0.478 e. The first-order valence-corrected chi connectivity index (χ1v) is 3.31. The highest BCUT2D eigenvalue weighted by Gasteiger charge is 2.04. The number of nitrogens with zero attached hydrogens (tertiary/aromatic N) is 1. The number of aromatic nitrogens is 1. The van der Waals surface area contributed by atoms with Crippen molar-refractivity contribution in [2.24, 2.45) is 0 Å². The maximum absolute atomic E-state index is 10.7. The molecule has 0 spiro atoms. The lowest BCUT2D eigenvalue weighted by atomic mass is 10.2. The highest BCUT2D eigenvalue weighted by atomic mass is 16.4. The Morgan fingerprint density at radius 2 is 2.08 bits per heavy atom. The van der Waals surface area contributed by atoms with Gasteiger partial charge in [-0.05, 0) is 12.1 Å². The minimum Gasteiger partial charge on any atom is -0.478 e. The van der Waals surface area contributed by atoms with E-state index in [2.05, 4.69) is 4.98 Å². The molecule has 0 bridgehead atoms. The van der Waals surface area contributed by atoms with Gasteiger partial charge in [0.15, 0.2) is 5.78 Å². The lowest BCUT2D eigenvalue weighted by Crippen LogP contribution is -2.01. The molecular formula is C8H7NO3. The third-order valence-electron chi connectivity index (χ3n) is 1.37. The normalized spacial score (nSPS) is 9.42. The fraction of sp³-hybridized carbons (Fsp3) is 0.125. The van der Waals surface area contributed by atoms with Crippen LogP contribution in [0.4, 0.5) is 0 Å². The van der Waals surface area contributed by atoms with E-state index in [4.69, 9.17) is 5.11 Å². The molecule has 0 radical (unpaired) electrons. The molecule has 1 rings (SSSR count). The molecular weight excluding hydrogens is 158 g/mol. The number of pyridine rings is 1. The molecule has 0 aliphatic rings. The molecule has 0 aliphatic heterocycles. The lowest BCUT2D eigenvalue weighted by molar-refractivity contribution is 0.0695. The van der Waals surface area contributed by atoms with Gasteiger partial charge in [-0.1, -0.05) is 0 Å². The van der Waals surface area contributed by atoms with Crippen LogP contribution in [0.25, 0.3) is 0 Å². The van der Waals surface area contributed by atoms with Gasteiger partial charge in [0, 0.05) is 13.1 Å². The monoisotopic (exact) mass is 165 g/mol. The zero-order valence-electron chi connectivity index (χ0n) is 6.44. The number of rotatable bonds is 2. The summed E-state index contributed by atoms with van der Waals surface area (Å²) in [6, 6.07) is 2.75. The number of hydrogen-bond acceptors (Lipinski definition) is 3. The second-order valence-electron chi connectivity index (χ2n) is 2.29. The first-order valence-electron chi connectivity index (χ1n) is 3.31. The third-order valence-corrected chi connectivity index (χ3v) is 1.37. The zero-order valence-corrected chi connectivity index (χ0v) is 6.44. The Hall–Kier alpha value is -1.71. The molecule has 4 nitrogen and oxygen atoms in total. The molecule has 0 saturated heterocycles. The molecule has 0 amide bonds. The Bertz CT molecular complexity index is 283. The average molecular weight is 165 g/mol. The summed E-state index contributed by atoms with van der Waals surface area (Å²) in [5.74, 6) is -1.22. The summed E-state index contributed by atoms with van der Waals surface area (Å²) in [6.07, 6.45) is 1.17. The number of Topliss-reactive ketones (excluding diaryl/α,β-unsaturated/α-hetero) is 1.